The largest absolute Gasteiger partial charge is 0.287 e. The number of carbonyl (C=O) groups excluding carboxylic acids is 1. The molecular weight excluding hydrogens is 231 g/mol. The van der Waals surface area contributed by atoms with E-state index in [2.05, 4.69) is 9.97 Å². The molecule has 16 heavy (non-hydrogen) atoms. The van der Waals surface area contributed by atoms with Gasteiger partial charge >= 0.3 is 0 Å². The Morgan fingerprint density at radius 1 is 1.31 bits per heavy atom. The van der Waals surface area contributed by atoms with E-state index in [0.717, 1.165) is 6.20 Å². The van der Waals surface area contributed by atoms with E-state index < -0.39 is 11.6 Å². The fraction of sp³-hybridized carbons (Fsp3) is 0. The predicted octanol–water partition coefficient (Wildman–Crippen LogP) is 2.50. The first kappa shape index (κ1) is 10.7. The van der Waals surface area contributed by atoms with Gasteiger partial charge in [-0.25, -0.2) is 4.39 Å². The average molecular weight is 237 g/mol. The van der Waals surface area contributed by atoms with Gasteiger partial charge in [-0.2, -0.15) is 0 Å². The van der Waals surface area contributed by atoms with Crippen molar-refractivity contribution in [2.75, 3.05) is 0 Å². The quantitative estimate of drug-likeness (QED) is 0.753. The van der Waals surface area contributed by atoms with E-state index in [1.807, 2.05) is 0 Å². The van der Waals surface area contributed by atoms with E-state index >= 15 is 0 Å². The first-order valence-corrected chi connectivity index (χ1v) is 4.82. The summed E-state index contributed by atoms with van der Waals surface area (Å²) in [6.45, 7) is 0. The second-order valence-electron chi connectivity index (χ2n) is 3.02. The highest BCUT2D eigenvalue weighted by atomic mass is 35.5. The molecule has 0 aliphatic carbocycles. The maximum Gasteiger partial charge on any atom is 0.215 e. The van der Waals surface area contributed by atoms with E-state index in [0.29, 0.717) is 0 Å². The van der Waals surface area contributed by atoms with Gasteiger partial charge in [-0.05, 0) is 18.2 Å². The van der Waals surface area contributed by atoms with Gasteiger partial charge in [-0.15, -0.1) is 0 Å². The molecule has 2 aromatic heterocycles. The number of hydrogen-bond donors (Lipinski definition) is 0. The van der Waals surface area contributed by atoms with E-state index in [-0.39, 0.29) is 16.3 Å². The number of aromatic nitrogens is 2. The van der Waals surface area contributed by atoms with Crippen LogP contribution in [-0.4, -0.2) is 15.8 Å². The fourth-order valence-corrected chi connectivity index (χ4v) is 1.45. The van der Waals surface area contributed by atoms with Crippen LogP contribution in [0, 0.1) is 5.82 Å². The lowest BCUT2D eigenvalue weighted by Gasteiger charge is -2.02. The third-order valence-corrected chi connectivity index (χ3v) is 2.30. The number of halogens is 2. The van der Waals surface area contributed by atoms with Crippen molar-refractivity contribution < 1.29 is 9.18 Å². The maximum absolute atomic E-state index is 13.3. The molecule has 2 heterocycles. The lowest BCUT2D eigenvalue weighted by molar-refractivity contribution is 0.103. The monoisotopic (exact) mass is 236 g/mol. The van der Waals surface area contributed by atoms with E-state index in [1.165, 1.54) is 24.5 Å². The Morgan fingerprint density at radius 2 is 2.12 bits per heavy atom. The third-order valence-electron chi connectivity index (χ3n) is 1.99. The molecule has 5 heteroatoms. The van der Waals surface area contributed by atoms with E-state index in [4.69, 9.17) is 11.6 Å². The molecule has 0 amide bonds. The number of nitrogens with zero attached hydrogens (tertiary/aromatic N) is 2. The minimum Gasteiger partial charge on any atom is -0.287 e. The summed E-state index contributed by atoms with van der Waals surface area (Å²) in [6, 6.07) is 4.42. The Kier molecular flexibility index (Phi) is 2.92. The Balaban J connectivity index is 2.48. The molecule has 0 aliphatic rings. The van der Waals surface area contributed by atoms with Crippen LogP contribution in [0.3, 0.4) is 0 Å². The van der Waals surface area contributed by atoms with Gasteiger partial charge < -0.3 is 0 Å². The number of rotatable bonds is 2. The zero-order valence-corrected chi connectivity index (χ0v) is 8.78. The molecule has 0 saturated carbocycles. The molecule has 0 radical (unpaired) electrons. The van der Waals surface area contributed by atoms with Crippen LogP contribution in [-0.2, 0) is 0 Å². The van der Waals surface area contributed by atoms with Gasteiger partial charge in [0.05, 0.1) is 16.8 Å². The molecule has 0 unspecified atom stereocenters. The van der Waals surface area contributed by atoms with Gasteiger partial charge in [0.2, 0.25) is 5.78 Å². The van der Waals surface area contributed by atoms with Crippen LogP contribution in [0.1, 0.15) is 16.1 Å². The van der Waals surface area contributed by atoms with Crippen molar-refractivity contribution in [3.05, 3.63) is 58.9 Å². The zero-order valence-electron chi connectivity index (χ0n) is 8.02. The van der Waals surface area contributed by atoms with Gasteiger partial charge in [0.25, 0.3) is 0 Å². The minimum atomic E-state index is -0.686. The number of ketones is 1. The smallest absolute Gasteiger partial charge is 0.215 e. The third kappa shape index (κ3) is 1.92. The first-order chi connectivity index (χ1) is 7.70. The van der Waals surface area contributed by atoms with Crippen molar-refractivity contribution in [1.29, 1.82) is 0 Å². The van der Waals surface area contributed by atoms with Crippen LogP contribution in [0.15, 0.2) is 36.8 Å². The summed E-state index contributed by atoms with van der Waals surface area (Å²) in [6.07, 6.45) is 3.75. The standard InChI is InChI=1S/C11H6ClFN2O/c12-8-2-1-4-15-10(8)11(16)7-3-5-14-6-9(7)13/h1-6H. The summed E-state index contributed by atoms with van der Waals surface area (Å²) in [4.78, 5) is 19.3. The summed E-state index contributed by atoms with van der Waals surface area (Å²) in [5, 5.41) is 0.198. The number of carbonyl (C=O) groups is 1. The van der Waals surface area contributed by atoms with Gasteiger partial charge in [0.1, 0.15) is 5.69 Å². The molecule has 0 bridgehead atoms. The summed E-state index contributed by atoms with van der Waals surface area (Å²) < 4.78 is 13.3. The van der Waals surface area contributed by atoms with Crippen LogP contribution in [0.2, 0.25) is 5.02 Å². The van der Waals surface area contributed by atoms with Crippen molar-refractivity contribution in [2.45, 2.75) is 0 Å². The number of pyridine rings is 2. The summed E-state index contributed by atoms with van der Waals surface area (Å²) in [5.74, 6) is -1.24. The number of hydrogen-bond acceptors (Lipinski definition) is 3. The normalized spacial score (nSPS) is 10.1. The van der Waals surface area contributed by atoms with Gasteiger partial charge in [-0.1, -0.05) is 11.6 Å². The first-order valence-electron chi connectivity index (χ1n) is 4.45. The minimum absolute atomic E-state index is 0.0364. The van der Waals surface area contributed by atoms with Gasteiger partial charge in [0, 0.05) is 12.4 Å². The Morgan fingerprint density at radius 3 is 2.81 bits per heavy atom. The molecule has 0 aliphatic heterocycles. The van der Waals surface area contributed by atoms with E-state index in [9.17, 15) is 9.18 Å². The van der Waals surface area contributed by atoms with Crippen LogP contribution in [0.4, 0.5) is 4.39 Å². The highest BCUT2D eigenvalue weighted by molar-refractivity contribution is 6.34. The maximum atomic E-state index is 13.3. The molecule has 0 N–H and O–H groups in total. The summed E-state index contributed by atoms with van der Waals surface area (Å²) in [5.41, 5.74) is -0.0510. The Labute approximate surface area is 95.9 Å². The van der Waals surface area contributed by atoms with Gasteiger partial charge in [-0.3, -0.25) is 14.8 Å². The summed E-state index contributed by atoms with van der Waals surface area (Å²) >= 11 is 5.80. The summed E-state index contributed by atoms with van der Waals surface area (Å²) in [7, 11) is 0. The highest BCUT2D eigenvalue weighted by Gasteiger charge is 2.17. The molecule has 2 rings (SSSR count). The SMILES string of the molecule is O=C(c1ccncc1F)c1ncccc1Cl. The molecular formula is C11H6ClFN2O. The van der Waals surface area contributed by atoms with Crippen molar-refractivity contribution >= 4 is 17.4 Å². The lowest BCUT2D eigenvalue weighted by atomic mass is 10.1. The van der Waals surface area contributed by atoms with Crippen LogP contribution in [0.25, 0.3) is 0 Å². The van der Waals surface area contributed by atoms with Crippen molar-refractivity contribution in [1.82, 2.24) is 9.97 Å². The molecule has 80 valence electrons. The second-order valence-corrected chi connectivity index (χ2v) is 3.43. The molecule has 0 atom stereocenters. The van der Waals surface area contributed by atoms with Crippen LogP contribution in [0.5, 0.6) is 0 Å². The molecule has 0 fully saturated rings. The average Bonchev–Trinajstić information content (AvgIpc) is 2.29. The van der Waals surface area contributed by atoms with Gasteiger partial charge in [0.15, 0.2) is 5.82 Å². The highest BCUT2D eigenvalue weighted by Crippen LogP contribution is 2.17. The topological polar surface area (TPSA) is 42.9 Å². The molecule has 2 aromatic rings. The second kappa shape index (κ2) is 4.37. The molecule has 0 saturated heterocycles. The molecule has 3 nitrogen and oxygen atoms in total. The van der Waals surface area contributed by atoms with Crippen molar-refractivity contribution in [3.8, 4) is 0 Å². The van der Waals surface area contributed by atoms with Crippen molar-refractivity contribution in [3.63, 3.8) is 0 Å². The van der Waals surface area contributed by atoms with E-state index in [1.54, 1.807) is 6.07 Å². The van der Waals surface area contributed by atoms with Crippen LogP contribution >= 0.6 is 11.6 Å². The predicted molar refractivity (Wildman–Crippen MR) is 56.9 cm³/mol. The van der Waals surface area contributed by atoms with Crippen molar-refractivity contribution in [2.24, 2.45) is 0 Å². The van der Waals surface area contributed by atoms with Crippen LogP contribution < -0.4 is 0 Å². The molecule has 0 aromatic carbocycles. The lowest BCUT2D eigenvalue weighted by Crippen LogP contribution is -2.07. The Hall–Kier alpha value is -1.81. The molecule has 0 spiro atoms. The Bertz CT molecular complexity index is 498. The fourth-order valence-electron chi connectivity index (χ4n) is 1.24. The zero-order chi connectivity index (χ0) is 11.5.